The number of para-hydroxylation sites is 4. The Morgan fingerprint density at radius 1 is 0.328 bits per heavy atom. The van der Waals surface area contributed by atoms with E-state index in [9.17, 15) is 0 Å². The number of nitrogens with zero attached hydrogens (tertiary/aromatic N) is 3. The molecule has 0 amide bonds. The average molecular weight is 780 g/mol. The van der Waals surface area contributed by atoms with Gasteiger partial charge in [0.2, 0.25) is 0 Å². The average Bonchev–Trinajstić information content (AvgIpc) is 3.86. The van der Waals surface area contributed by atoms with Crippen LogP contribution in [0.5, 0.6) is 11.5 Å². The van der Waals surface area contributed by atoms with Gasteiger partial charge in [0.25, 0.3) is 0 Å². The first-order valence-electron chi connectivity index (χ1n) is 20.6. The van der Waals surface area contributed by atoms with Crippen LogP contribution in [0.1, 0.15) is 22.3 Å². The smallest absolute Gasteiger partial charge is 0.167 e. The zero-order chi connectivity index (χ0) is 40.1. The topological polar surface area (TPSA) is 61.0 Å². The van der Waals surface area contributed by atoms with E-state index in [0.717, 1.165) is 89.1 Å². The second-order valence-corrected chi connectivity index (χ2v) is 15.8. The normalized spacial score (nSPS) is 13.2. The van der Waals surface area contributed by atoms with Crippen LogP contribution in [0.2, 0.25) is 0 Å². The Bertz CT molecular complexity index is 3550. The van der Waals surface area contributed by atoms with Crippen molar-refractivity contribution in [1.29, 1.82) is 0 Å². The molecule has 5 heteroatoms. The maximum atomic E-state index is 6.63. The van der Waals surface area contributed by atoms with Crippen LogP contribution >= 0.6 is 0 Å². The first-order chi connectivity index (χ1) is 30.3. The number of benzene rings is 9. The lowest BCUT2D eigenvalue weighted by Gasteiger charge is -2.39. The van der Waals surface area contributed by atoms with Crippen LogP contribution in [-0.2, 0) is 5.41 Å². The lowest BCUT2D eigenvalue weighted by atomic mass is 9.66. The van der Waals surface area contributed by atoms with Gasteiger partial charge in [0.05, 0.1) is 11.0 Å². The quantitative estimate of drug-likeness (QED) is 0.178. The SMILES string of the molecule is c1ccc2c(c1)Oc1ccccc1C21c2ccccc2-c2c(-c3nc(-c4ccccc4-c4cccc5ccccc45)nc(-c4cccc5c4oc4ccccc45)n3)cccc21. The zero-order valence-corrected chi connectivity index (χ0v) is 32.7. The minimum absolute atomic E-state index is 0.540. The van der Waals surface area contributed by atoms with E-state index in [1.165, 1.54) is 16.3 Å². The van der Waals surface area contributed by atoms with Crippen LogP contribution in [0.25, 0.3) is 89.1 Å². The van der Waals surface area contributed by atoms with Crippen molar-refractivity contribution in [1.82, 2.24) is 15.0 Å². The van der Waals surface area contributed by atoms with E-state index < -0.39 is 5.41 Å². The molecule has 13 rings (SSSR count). The maximum absolute atomic E-state index is 6.63. The molecule has 2 aromatic heterocycles. The fourth-order valence-electron chi connectivity index (χ4n) is 10.1. The number of ether oxygens (including phenoxy) is 1. The van der Waals surface area contributed by atoms with Crippen LogP contribution in [-0.4, -0.2) is 15.0 Å². The first-order valence-corrected chi connectivity index (χ1v) is 20.6. The molecule has 1 aliphatic heterocycles. The maximum Gasteiger partial charge on any atom is 0.167 e. The van der Waals surface area contributed by atoms with Gasteiger partial charge >= 0.3 is 0 Å². The molecule has 0 bridgehead atoms. The Balaban J connectivity index is 1.12. The third-order valence-corrected chi connectivity index (χ3v) is 12.6. The fourth-order valence-corrected chi connectivity index (χ4v) is 10.1. The predicted octanol–water partition coefficient (Wildman–Crippen LogP) is 14.1. The van der Waals surface area contributed by atoms with Gasteiger partial charge in [-0.15, -0.1) is 0 Å². The van der Waals surface area contributed by atoms with Crippen molar-refractivity contribution in [3.63, 3.8) is 0 Å². The summed E-state index contributed by atoms with van der Waals surface area (Å²) in [7, 11) is 0. The fraction of sp³-hybridized carbons (Fsp3) is 0.0179. The molecule has 1 aliphatic carbocycles. The third kappa shape index (κ3) is 4.80. The molecule has 0 N–H and O–H groups in total. The molecule has 11 aromatic rings. The highest BCUT2D eigenvalue weighted by molar-refractivity contribution is 6.09. The summed E-state index contributed by atoms with van der Waals surface area (Å²) in [5.41, 5.74) is 12.5. The summed E-state index contributed by atoms with van der Waals surface area (Å²) in [6.07, 6.45) is 0. The number of aromatic nitrogens is 3. The minimum atomic E-state index is -0.632. The van der Waals surface area contributed by atoms with Crippen molar-refractivity contribution >= 4 is 32.7 Å². The summed E-state index contributed by atoms with van der Waals surface area (Å²) in [6, 6.07) is 70.0. The van der Waals surface area contributed by atoms with E-state index in [1.54, 1.807) is 0 Å². The van der Waals surface area contributed by atoms with E-state index in [2.05, 4.69) is 170 Å². The summed E-state index contributed by atoms with van der Waals surface area (Å²) < 4.78 is 13.2. The van der Waals surface area contributed by atoms with Crippen LogP contribution in [0.3, 0.4) is 0 Å². The van der Waals surface area contributed by atoms with E-state index >= 15 is 0 Å². The number of hydrogen-bond donors (Lipinski definition) is 0. The summed E-state index contributed by atoms with van der Waals surface area (Å²) >= 11 is 0. The van der Waals surface area contributed by atoms with Crippen molar-refractivity contribution < 1.29 is 9.15 Å². The highest BCUT2D eigenvalue weighted by Crippen LogP contribution is 2.63. The van der Waals surface area contributed by atoms with Crippen LogP contribution in [0.4, 0.5) is 0 Å². The number of rotatable bonds is 4. The highest BCUT2D eigenvalue weighted by atomic mass is 16.5. The standard InChI is InChI=1S/C56H33N3O2/c1-2-18-35-34(16-1)17-13-23-36(35)37-19-3-4-21-40(37)53-57-54(59-55(58-53)43-26-14-24-39-38-20-6-10-31-48(38)61-52(39)43)42-25-15-30-47-51(42)41-22-5-7-27-44(41)56(47)45-28-8-11-32-49(45)60-50-33-12-9-29-46(50)56/h1-33H. The Labute approximate surface area is 351 Å². The van der Waals surface area contributed by atoms with Gasteiger partial charge in [-0.2, -0.15) is 0 Å². The molecule has 0 atom stereocenters. The lowest BCUT2D eigenvalue weighted by Crippen LogP contribution is -2.32. The summed E-state index contributed by atoms with van der Waals surface area (Å²) in [5, 5.41) is 4.40. The van der Waals surface area contributed by atoms with Crippen molar-refractivity contribution in [2.24, 2.45) is 0 Å². The Kier molecular flexibility index (Phi) is 7.16. The Hall–Kier alpha value is -8.15. The van der Waals surface area contributed by atoms with Gasteiger partial charge in [-0.05, 0) is 68.4 Å². The van der Waals surface area contributed by atoms with Crippen molar-refractivity contribution in [3.8, 4) is 67.9 Å². The number of hydrogen-bond acceptors (Lipinski definition) is 5. The van der Waals surface area contributed by atoms with Gasteiger partial charge in [-0.3, -0.25) is 0 Å². The molecule has 0 fully saturated rings. The minimum Gasteiger partial charge on any atom is -0.457 e. The molecule has 61 heavy (non-hydrogen) atoms. The molecule has 0 saturated carbocycles. The van der Waals surface area contributed by atoms with Gasteiger partial charge in [0, 0.05) is 33.0 Å². The molecular formula is C56H33N3O2. The summed E-state index contributed by atoms with van der Waals surface area (Å²) in [5.74, 6) is 3.40. The second kappa shape index (κ2) is 12.9. The molecule has 1 spiro atoms. The van der Waals surface area contributed by atoms with E-state index in [1.807, 2.05) is 30.3 Å². The van der Waals surface area contributed by atoms with Gasteiger partial charge in [-0.25, -0.2) is 15.0 Å². The van der Waals surface area contributed by atoms with Crippen LogP contribution in [0.15, 0.2) is 205 Å². The molecule has 9 aromatic carbocycles. The number of fused-ring (bicyclic) bond motifs is 13. The first kappa shape index (κ1) is 33.8. The van der Waals surface area contributed by atoms with Crippen LogP contribution < -0.4 is 4.74 Å². The third-order valence-electron chi connectivity index (χ3n) is 12.6. The zero-order valence-electron chi connectivity index (χ0n) is 32.7. The molecule has 3 heterocycles. The molecule has 2 aliphatic rings. The van der Waals surface area contributed by atoms with E-state index in [0.29, 0.717) is 17.5 Å². The molecule has 0 radical (unpaired) electrons. The van der Waals surface area contributed by atoms with Crippen LogP contribution in [0, 0.1) is 0 Å². The van der Waals surface area contributed by atoms with Gasteiger partial charge in [0.1, 0.15) is 22.7 Å². The Morgan fingerprint density at radius 2 is 0.820 bits per heavy atom. The Morgan fingerprint density at radius 3 is 1.62 bits per heavy atom. The van der Waals surface area contributed by atoms with Crippen molar-refractivity contribution in [2.45, 2.75) is 5.41 Å². The largest absolute Gasteiger partial charge is 0.457 e. The summed E-state index contributed by atoms with van der Waals surface area (Å²) in [6.45, 7) is 0. The molecule has 284 valence electrons. The predicted molar refractivity (Wildman–Crippen MR) is 244 cm³/mol. The molecule has 0 unspecified atom stereocenters. The molecular weight excluding hydrogens is 747 g/mol. The van der Waals surface area contributed by atoms with Gasteiger partial charge in [0.15, 0.2) is 17.5 Å². The number of furan rings is 1. The second-order valence-electron chi connectivity index (χ2n) is 15.8. The van der Waals surface area contributed by atoms with Crippen molar-refractivity contribution in [2.75, 3.05) is 0 Å². The van der Waals surface area contributed by atoms with Gasteiger partial charge in [-0.1, -0.05) is 176 Å². The monoisotopic (exact) mass is 779 g/mol. The lowest BCUT2D eigenvalue weighted by molar-refractivity contribution is 0.436. The highest BCUT2D eigenvalue weighted by Gasteiger charge is 2.51. The van der Waals surface area contributed by atoms with Crippen molar-refractivity contribution in [3.05, 3.63) is 222 Å². The van der Waals surface area contributed by atoms with E-state index in [4.69, 9.17) is 24.1 Å². The molecule has 5 nitrogen and oxygen atoms in total. The molecule has 0 saturated heterocycles. The summed E-state index contributed by atoms with van der Waals surface area (Å²) in [4.78, 5) is 16.3. The van der Waals surface area contributed by atoms with Gasteiger partial charge < -0.3 is 9.15 Å². The van der Waals surface area contributed by atoms with E-state index in [-0.39, 0.29) is 0 Å².